The number of hydrogen-bond acceptors (Lipinski definition) is 5. The van der Waals surface area contributed by atoms with Crippen LogP contribution in [0.25, 0.3) is 0 Å². The van der Waals surface area contributed by atoms with Crippen LogP contribution in [-0.4, -0.2) is 49.0 Å². The van der Waals surface area contributed by atoms with Crippen LogP contribution in [0.3, 0.4) is 0 Å². The Balaban J connectivity index is -0.000000142. The Morgan fingerprint density at radius 2 is 0.889 bits per heavy atom. The monoisotopic (exact) mass is 420 g/mol. The average molecular weight is 420 g/mol. The van der Waals surface area contributed by atoms with Gasteiger partial charge in [0.15, 0.2) is 0 Å². The molecule has 0 saturated carbocycles. The van der Waals surface area contributed by atoms with Crippen LogP contribution >= 0.6 is 0 Å². The summed E-state index contributed by atoms with van der Waals surface area (Å²) in [5, 5.41) is 33.8. The Kier molecular flexibility index (Phi) is 18.6. The molecule has 1 aromatic carbocycles. The number of hydrogen-bond donors (Lipinski definition) is 4. The van der Waals surface area contributed by atoms with Crippen molar-refractivity contribution in [2.75, 3.05) is 0 Å². The molecule has 27 heavy (non-hydrogen) atoms. The van der Waals surface area contributed by atoms with E-state index in [1.54, 1.807) is 80.5 Å². The molecule has 4 N–H and O–H groups in total. The van der Waals surface area contributed by atoms with Gasteiger partial charge in [0.25, 0.3) is 5.78 Å². The summed E-state index contributed by atoms with van der Waals surface area (Å²) in [7, 11) is 0. The van der Waals surface area contributed by atoms with Crippen molar-refractivity contribution in [1.29, 1.82) is 0 Å². The maximum absolute atomic E-state index is 10.7. The van der Waals surface area contributed by atoms with E-state index >= 15 is 0 Å². The van der Waals surface area contributed by atoms with Crippen LogP contribution < -0.4 is 0 Å². The molecule has 156 valence electrons. The third kappa shape index (κ3) is 58.8. The number of aliphatic carboxylic acids is 1. The summed E-state index contributed by atoms with van der Waals surface area (Å²) >= 11 is 0. The minimum atomic E-state index is -1.42. The Labute approximate surface area is 178 Å². The molecule has 0 radical (unpaired) electrons. The molecule has 0 aliphatic carbocycles. The van der Waals surface area contributed by atoms with E-state index in [9.17, 15) is 9.59 Å². The molecule has 0 aromatic heterocycles. The molecule has 0 unspecified atom stereocenters. The molecule has 0 spiro atoms. The number of carbonyl (C=O) groups excluding carboxylic acids is 1. The molecule has 0 aliphatic heterocycles. The van der Waals surface area contributed by atoms with Gasteiger partial charge in [-0.3, -0.25) is 4.79 Å². The summed E-state index contributed by atoms with van der Waals surface area (Å²) in [6.45, 7) is 15.7. The van der Waals surface area contributed by atoms with Gasteiger partial charge in [-0.05, 0) is 62.3 Å². The first-order chi connectivity index (χ1) is 11.2. The van der Waals surface area contributed by atoms with Crippen molar-refractivity contribution in [3.05, 3.63) is 35.9 Å². The SMILES string of the molecule is CC(C)(C)O.CC(C)(C)O.CC(C)(C)O.O=C(O)C(=O)c1ccccc1.[Ti]. The fraction of sp³-hybridized carbons (Fsp3) is 0.600. The molecule has 1 rings (SSSR count). The fourth-order valence-corrected chi connectivity index (χ4v) is 0.713. The normalized spacial score (nSPS) is 10.4. The minimum absolute atomic E-state index is 0. The zero-order valence-corrected chi connectivity index (χ0v) is 19.6. The van der Waals surface area contributed by atoms with E-state index < -0.39 is 28.6 Å². The number of carboxylic acids is 1. The number of Topliss-reactive ketones (excluding diaryl/α,β-unsaturated/α-hetero) is 1. The maximum atomic E-state index is 10.7. The molecule has 1 aromatic rings. The average Bonchev–Trinajstić information content (AvgIpc) is 2.32. The first-order valence-electron chi connectivity index (χ1n) is 8.21. The Hall–Kier alpha value is -1.05. The van der Waals surface area contributed by atoms with Gasteiger partial charge in [-0.25, -0.2) is 4.79 Å². The summed E-state index contributed by atoms with van der Waals surface area (Å²) in [6, 6.07) is 7.90. The number of ketones is 1. The van der Waals surface area contributed by atoms with Gasteiger partial charge in [0.2, 0.25) is 0 Å². The zero-order chi connectivity index (χ0) is 21.8. The molecule has 6 nitrogen and oxygen atoms in total. The summed E-state index contributed by atoms with van der Waals surface area (Å²) in [6.07, 6.45) is 0. The second kappa shape index (κ2) is 14.9. The van der Waals surface area contributed by atoms with Crippen molar-refractivity contribution in [3.8, 4) is 0 Å². The molecular weight excluding hydrogens is 384 g/mol. The molecule has 0 heterocycles. The molecular formula is C20H36O6Ti. The van der Waals surface area contributed by atoms with E-state index in [2.05, 4.69) is 0 Å². The number of benzene rings is 1. The molecule has 0 bridgehead atoms. The quantitative estimate of drug-likeness (QED) is 0.332. The van der Waals surface area contributed by atoms with Gasteiger partial charge in [0.1, 0.15) is 0 Å². The smallest absolute Gasteiger partial charge is 0.377 e. The largest absolute Gasteiger partial charge is 0.475 e. The van der Waals surface area contributed by atoms with Crippen molar-refractivity contribution in [2.45, 2.75) is 79.1 Å². The second-order valence-corrected chi connectivity index (χ2v) is 8.51. The summed E-state index contributed by atoms with van der Waals surface area (Å²) in [4.78, 5) is 20.9. The molecule has 0 amide bonds. The van der Waals surface area contributed by atoms with Crippen molar-refractivity contribution in [3.63, 3.8) is 0 Å². The Bertz CT molecular complexity index is 461. The number of carbonyl (C=O) groups is 2. The minimum Gasteiger partial charge on any atom is -0.475 e. The van der Waals surface area contributed by atoms with Gasteiger partial charge in [-0.1, -0.05) is 30.3 Å². The second-order valence-electron chi connectivity index (χ2n) is 8.51. The summed E-state index contributed by atoms with van der Waals surface area (Å²) in [5.74, 6) is -2.29. The van der Waals surface area contributed by atoms with Crippen LogP contribution in [0.1, 0.15) is 72.7 Å². The third-order valence-corrected chi connectivity index (χ3v) is 1.23. The molecule has 0 aliphatic rings. The molecule has 0 saturated heterocycles. The van der Waals surface area contributed by atoms with Gasteiger partial charge >= 0.3 is 5.97 Å². The number of aliphatic hydroxyl groups is 3. The van der Waals surface area contributed by atoms with E-state index in [1.165, 1.54) is 12.1 Å². The van der Waals surface area contributed by atoms with Crippen LogP contribution in [0, 0.1) is 0 Å². The summed E-state index contributed by atoms with van der Waals surface area (Å²) < 4.78 is 0. The maximum Gasteiger partial charge on any atom is 0.377 e. The standard InChI is InChI=1S/C8H6O3.3C4H10O.Ti/c9-7(8(10)11)6-4-2-1-3-5-6;3*1-4(2,3)5;/h1-5H,(H,10,11);3*5H,1-3H3;. The fourth-order valence-electron chi connectivity index (χ4n) is 0.713. The Morgan fingerprint density at radius 1 is 0.667 bits per heavy atom. The zero-order valence-electron chi connectivity index (χ0n) is 18.0. The molecule has 0 fully saturated rings. The Morgan fingerprint density at radius 3 is 1.07 bits per heavy atom. The molecule has 0 atom stereocenters. The van der Waals surface area contributed by atoms with Crippen molar-refractivity contribution >= 4 is 11.8 Å². The predicted molar refractivity (Wildman–Crippen MR) is 104 cm³/mol. The van der Waals surface area contributed by atoms with E-state index in [4.69, 9.17) is 20.4 Å². The number of carboxylic acid groups (broad SMARTS) is 1. The van der Waals surface area contributed by atoms with Crippen LogP contribution in [0.15, 0.2) is 30.3 Å². The van der Waals surface area contributed by atoms with Crippen molar-refractivity contribution in [2.24, 2.45) is 0 Å². The van der Waals surface area contributed by atoms with Gasteiger partial charge < -0.3 is 20.4 Å². The van der Waals surface area contributed by atoms with Crippen LogP contribution in [0.2, 0.25) is 0 Å². The topological polar surface area (TPSA) is 115 Å². The van der Waals surface area contributed by atoms with E-state index in [0.29, 0.717) is 0 Å². The van der Waals surface area contributed by atoms with Crippen LogP contribution in [0.4, 0.5) is 0 Å². The van der Waals surface area contributed by atoms with Crippen molar-refractivity contribution in [1.82, 2.24) is 0 Å². The summed E-state index contributed by atoms with van der Waals surface area (Å²) in [5.41, 5.74) is -1.29. The van der Waals surface area contributed by atoms with Gasteiger partial charge in [-0.2, -0.15) is 0 Å². The van der Waals surface area contributed by atoms with Crippen molar-refractivity contribution < 1.29 is 51.7 Å². The van der Waals surface area contributed by atoms with Crippen LogP contribution in [0.5, 0.6) is 0 Å². The first kappa shape index (κ1) is 33.5. The van der Waals surface area contributed by atoms with Crippen LogP contribution in [-0.2, 0) is 26.5 Å². The third-order valence-electron chi connectivity index (χ3n) is 1.23. The number of rotatable bonds is 2. The van der Waals surface area contributed by atoms with Gasteiger partial charge in [-0.15, -0.1) is 0 Å². The van der Waals surface area contributed by atoms with E-state index in [1.807, 2.05) is 0 Å². The van der Waals surface area contributed by atoms with E-state index in [-0.39, 0.29) is 27.3 Å². The van der Waals surface area contributed by atoms with Gasteiger partial charge in [0.05, 0.1) is 16.8 Å². The van der Waals surface area contributed by atoms with Gasteiger partial charge in [0, 0.05) is 27.3 Å². The molecule has 7 heteroatoms. The predicted octanol–water partition coefficient (Wildman–Crippen LogP) is 3.28. The van der Waals surface area contributed by atoms with E-state index in [0.717, 1.165) is 0 Å². The first-order valence-corrected chi connectivity index (χ1v) is 8.21.